The van der Waals surface area contributed by atoms with Crippen LogP contribution in [-0.2, 0) is 14.5 Å². The Morgan fingerprint density at radius 1 is 0.857 bits per heavy atom. The molecule has 3 saturated carbocycles. The Balaban J connectivity index is 1.10. The van der Waals surface area contributed by atoms with Gasteiger partial charge in [0.1, 0.15) is 5.75 Å². The Morgan fingerprint density at radius 3 is 2.29 bits per heavy atom. The number of carbonyl (C=O) groups excluding carboxylic acids is 1. The molecule has 6 fully saturated rings. The molecule has 1 spiro atoms. The van der Waals surface area contributed by atoms with E-state index >= 15 is 0 Å². The molecule has 6 heteroatoms. The Labute approximate surface area is 209 Å². The van der Waals surface area contributed by atoms with Crippen LogP contribution in [0.3, 0.4) is 0 Å². The molecule has 1 amide bonds. The van der Waals surface area contributed by atoms with Crippen LogP contribution in [0, 0.1) is 23.7 Å². The highest BCUT2D eigenvalue weighted by atomic mass is 17.2. The molecule has 3 unspecified atom stereocenters. The van der Waals surface area contributed by atoms with Gasteiger partial charge in [-0.05, 0) is 111 Å². The average molecular weight is 484 g/mol. The molecule has 1 aromatic carbocycles. The van der Waals surface area contributed by atoms with Crippen molar-refractivity contribution in [3.05, 3.63) is 29.8 Å². The second-order valence-electron chi connectivity index (χ2n) is 12.0. The summed E-state index contributed by atoms with van der Waals surface area (Å²) >= 11 is 0. The van der Waals surface area contributed by atoms with Gasteiger partial charge in [0.2, 0.25) is 5.79 Å². The lowest BCUT2D eigenvalue weighted by molar-refractivity contribution is -0.440. The molecule has 4 bridgehead atoms. The van der Waals surface area contributed by atoms with E-state index in [2.05, 4.69) is 12.1 Å². The molecule has 6 aliphatic rings. The Kier molecular flexibility index (Phi) is 7.05. The van der Waals surface area contributed by atoms with Crippen LogP contribution >= 0.6 is 0 Å². The summed E-state index contributed by atoms with van der Waals surface area (Å²) in [6.07, 6.45) is 13.6. The molecule has 0 N–H and O–H groups in total. The number of hydrogen-bond donors (Lipinski definition) is 0. The number of piperidine rings is 1. The first kappa shape index (κ1) is 23.7. The number of nitrogens with zero attached hydrogens (tertiary/aromatic N) is 1. The minimum atomic E-state index is -0.649. The van der Waals surface area contributed by atoms with Crippen molar-refractivity contribution in [2.75, 3.05) is 26.3 Å². The second-order valence-corrected chi connectivity index (χ2v) is 12.0. The zero-order valence-corrected chi connectivity index (χ0v) is 21.0. The van der Waals surface area contributed by atoms with E-state index in [4.69, 9.17) is 19.2 Å². The molecule has 0 radical (unpaired) electrons. The van der Waals surface area contributed by atoms with Gasteiger partial charge in [0.25, 0.3) is 0 Å². The average Bonchev–Trinajstić information content (AvgIpc) is 2.91. The van der Waals surface area contributed by atoms with E-state index in [1.165, 1.54) is 44.1 Å². The zero-order valence-electron chi connectivity index (χ0n) is 21.0. The first-order valence-corrected chi connectivity index (χ1v) is 14.2. The summed E-state index contributed by atoms with van der Waals surface area (Å²) in [6, 6.07) is 8.08. The molecule has 3 aliphatic heterocycles. The highest BCUT2D eigenvalue weighted by molar-refractivity contribution is 5.70. The van der Waals surface area contributed by atoms with Crippen LogP contribution in [0.25, 0.3) is 0 Å². The molecular formula is C29H41NO5. The predicted octanol–water partition coefficient (Wildman–Crippen LogP) is 6.45. The van der Waals surface area contributed by atoms with Crippen LogP contribution in [-0.4, -0.2) is 43.1 Å². The molecule has 35 heavy (non-hydrogen) atoms. The summed E-state index contributed by atoms with van der Waals surface area (Å²) in [5, 5.41) is 0. The third-order valence-corrected chi connectivity index (χ3v) is 9.27. The SMILES string of the molecule is O=C(Oc1ccc(C2CCC[C@@]3(C2)OCC2CC4CC(COO3)CC(C2)C4)cc1)N1CCCCC1. The lowest BCUT2D eigenvalue weighted by Gasteiger charge is -2.42. The highest BCUT2D eigenvalue weighted by Gasteiger charge is 2.44. The van der Waals surface area contributed by atoms with Gasteiger partial charge in [-0.2, -0.15) is 0 Å². The van der Waals surface area contributed by atoms with E-state index in [0.717, 1.165) is 70.1 Å². The van der Waals surface area contributed by atoms with Gasteiger partial charge in [0.05, 0.1) is 13.2 Å². The van der Waals surface area contributed by atoms with E-state index in [1.807, 2.05) is 17.0 Å². The van der Waals surface area contributed by atoms with Crippen LogP contribution in [0.2, 0.25) is 0 Å². The number of hydrogen-bond acceptors (Lipinski definition) is 5. The van der Waals surface area contributed by atoms with Gasteiger partial charge in [0.15, 0.2) is 0 Å². The summed E-state index contributed by atoms with van der Waals surface area (Å²) in [5.41, 5.74) is 1.25. The summed E-state index contributed by atoms with van der Waals surface area (Å²) in [6.45, 7) is 3.09. The number of fused-ring (bicyclic) bond motifs is 3. The van der Waals surface area contributed by atoms with Gasteiger partial charge in [-0.15, -0.1) is 0 Å². The van der Waals surface area contributed by atoms with Gasteiger partial charge in [-0.25, -0.2) is 14.6 Å². The lowest BCUT2D eigenvalue weighted by atomic mass is 9.65. The van der Waals surface area contributed by atoms with Crippen molar-refractivity contribution >= 4 is 6.09 Å². The molecule has 192 valence electrons. The van der Waals surface area contributed by atoms with Gasteiger partial charge < -0.3 is 14.4 Å². The van der Waals surface area contributed by atoms with Crippen LogP contribution in [0.4, 0.5) is 4.79 Å². The molecule has 3 heterocycles. The maximum Gasteiger partial charge on any atom is 0.415 e. The van der Waals surface area contributed by atoms with Crippen LogP contribution in [0.5, 0.6) is 5.75 Å². The van der Waals surface area contributed by atoms with E-state index in [9.17, 15) is 4.79 Å². The second kappa shape index (κ2) is 10.4. The molecule has 3 saturated heterocycles. The van der Waals surface area contributed by atoms with Crippen molar-refractivity contribution in [3.63, 3.8) is 0 Å². The standard InChI is InChI=1S/C29H41NO5/c31-28(30-11-2-1-3-12-30)34-27-8-6-25(7-9-27)26-5-4-10-29(18-26)32-19-23-14-21-13-22(15-23)17-24(16-21)20-33-35-29/h6-9,21-24,26H,1-5,10-20H2/t21?,22?,23?,24?,26?,29-/m1/s1. The highest BCUT2D eigenvalue weighted by Crippen LogP contribution is 2.48. The fourth-order valence-corrected chi connectivity index (χ4v) is 7.67. The van der Waals surface area contributed by atoms with E-state index in [1.54, 1.807) is 0 Å². The summed E-state index contributed by atoms with van der Waals surface area (Å²) in [7, 11) is 0. The fraction of sp³-hybridized carbons (Fsp3) is 0.759. The Morgan fingerprint density at radius 2 is 1.54 bits per heavy atom. The van der Waals surface area contributed by atoms with Crippen molar-refractivity contribution in [2.45, 2.75) is 88.8 Å². The monoisotopic (exact) mass is 483 g/mol. The van der Waals surface area contributed by atoms with E-state index in [0.29, 0.717) is 30.1 Å². The van der Waals surface area contributed by atoms with Gasteiger partial charge >= 0.3 is 6.09 Å². The maximum absolute atomic E-state index is 12.5. The molecule has 3 aliphatic carbocycles. The third-order valence-electron chi connectivity index (χ3n) is 9.27. The lowest BCUT2D eigenvalue weighted by Crippen LogP contribution is -2.42. The van der Waals surface area contributed by atoms with Crippen LogP contribution in [0.15, 0.2) is 24.3 Å². The topological polar surface area (TPSA) is 57.2 Å². The molecule has 1 aromatic rings. The number of rotatable bonds is 2. The third kappa shape index (κ3) is 5.55. The van der Waals surface area contributed by atoms with Crippen molar-refractivity contribution in [1.82, 2.24) is 4.90 Å². The largest absolute Gasteiger partial charge is 0.415 e. The van der Waals surface area contributed by atoms with Crippen molar-refractivity contribution in [1.29, 1.82) is 0 Å². The molecule has 6 nitrogen and oxygen atoms in total. The minimum Gasteiger partial charge on any atom is -0.410 e. The first-order chi connectivity index (χ1) is 17.1. The Bertz CT molecular complexity index is 854. The van der Waals surface area contributed by atoms with Crippen molar-refractivity contribution < 1.29 is 24.0 Å². The van der Waals surface area contributed by atoms with Gasteiger partial charge in [-0.3, -0.25) is 0 Å². The van der Waals surface area contributed by atoms with E-state index < -0.39 is 5.79 Å². The predicted molar refractivity (Wildman–Crippen MR) is 132 cm³/mol. The number of carbonyl (C=O) groups is 1. The number of likely N-dealkylation sites (tertiary alicyclic amines) is 1. The van der Waals surface area contributed by atoms with Crippen molar-refractivity contribution in [3.8, 4) is 5.75 Å². The number of amides is 1. The van der Waals surface area contributed by atoms with Crippen LogP contribution in [0.1, 0.15) is 88.5 Å². The summed E-state index contributed by atoms with van der Waals surface area (Å²) in [5.74, 6) is 3.30. The smallest absolute Gasteiger partial charge is 0.410 e. The maximum atomic E-state index is 12.5. The molecule has 4 atom stereocenters. The summed E-state index contributed by atoms with van der Waals surface area (Å²) in [4.78, 5) is 26.4. The van der Waals surface area contributed by atoms with Crippen LogP contribution < -0.4 is 4.74 Å². The zero-order chi connectivity index (χ0) is 23.7. The normalized spacial score (nSPS) is 37.7. The Hall–Kier alpha value is -1.63. The first-order valence-electron chi connectivity index (χ1n) is 14.2. The van der Waals surface area contributed by atoms with Gasteiger partial charge in [-0.1, -0.05) is 12.1 Å². The molecule has 7 rings (SSSR count). The van der Waals surface area contributed by atoms with Crippen molar-refractivity contribution in [2.24, 2.45) is 23.7 Å². The fourth-order valence-electron chi connectivity index (χ4n) is 7.67. The molecule has 0 aromatic heterocycles. The minimum absolute atomic E-state index is 0.228. The number of ether oxygens (including phenoxy) is 2. The number of benzene rings is 1. The summed E-state index contributed by atoms with van der Waals surface area (Å²) < 4.78 is 12.3. The quantitative estimate of drug-likeness (QED) is 0.453. The van der Waals surface area contributed by atoms with Gasteiger partial charge in [0, 0.05) is 25.9 Å². The molecular weight excluding hydrogens is 442 g/mol. The van der Waals surface area contributed by atoms with E-state index in [-0.39, 0.29) is 6.09 Å².